The average Bonchev–Trinajstić information content (AvgIpc) is 3.62. The molecule has 0 unspecified atom stereocenters. The fourth-order valence-corrected chi connectivity index (χ4v) is 4.63. The van der Waals surface area contributed by atoms with Crippen molar-refractivity contribution in [2.45, 2.75) is 12.8 Å². The van der Waals surface area contributed by atoms with Crippen LogP contribution in [0.15, 0.2) is 73.3 Å². The Morgan fingerprint density at radius 3 is 2.83 bits per heavy atom. The number of amides is 1. The number of carbonyl (C=O) groups is 1. The lowest BCUT2D eigenvalue weighted by Gasteiger charge is -2.14. The van der Waals surface area contributed by atoms with Gasteiger partial charge < -0.3 is 25.8 Å². The maximum atomic E-state index is 12.6. The Morgan fingerprint density at radius 1 is 1.03 bits per heavy atom. The summed E-state index contributed by atoms with van der Waals surface area (Å²) in [4.78, 5) is 27.4. The number of benzene rings is 2. The summed E-state index contributed by atoms with van der Waals surface area (Å²) in [6.45, 7) is 0.532. The number of nitrogens with zero attached hydrogens (tertiary/aromatic N) is 2. The molecular formula is C28H24N6O2. The molecule has 1 aliphatic rings. The van der Waals surface area contributed by atoms with Crippen LogP contribution in [-0.4, -0.2) is 32.4 Å². The summed E-state index contributed by atoms with van der Waals surface area (Å²) in [5.74, 6) is 1.47. The predicted octanol–water partition coefficient (Wildman–Crippen LogP) is 5.04. The zero-order valence-corrected chi connectivity index (χ0v) is 19.4. The predicted molar refractivity (Wildman–Crippen MR) is 141 cm³/mol. The third kappa shape index (κ3) is 3.98. The number of nitrogen functional groups attached to an aromatic ring is 1. The highest BCUT2D eigenvalue weighted by Gasteiger charge is 2.26. The standard InChI is InChI=1S/C28H24N6O2/c29-27-26(17-7-8-23-20(14-17)21(28(35)34-23)15-25-30-11-12-31-25)24(9-10-32-27)36-13-3-4-18-16-33-22-6-2-1-5-19(18)22/h1-2,5-12,14-16,33H,3-4,13H2,(H2,29,32)(H,30,31)(H,34,35). The van der Waals surface area contributed by atoms with Crippen molar-refractivity contribution in [2.75, 3.05) is 17.7 Å². The molecule has 178 valence electrons. The quantitative estimate of drug-likeness (QED) is 0.194. The van der Waals surface area contributed by atoms with Crippen molar-refractivity contribution in [1.82, 2.24) is 19.9 Å². The van der Waals surface area contributed by atoms with Crippen LogP contribution in [0.3, 0.4) is 0 Å². The van der Waals surface area contributed by atoms with Gasteiger partial charge in [-0.1, -0.05) is 24.3 Å². The van der Waals surface area contributed by atoms with E-state index in [0.29, 0.717) is 35.1 Å². The maximum absolute atomic E-state index is 12.6. The van der Waals surface area contributed by atoms with E-state index in [1.54, 1.807) is 24.7 Å². The molecule has 0 atom stereocenters. The molecule has 5 aromatic rings. The first-order chi connectivity index (χ1) is 17.7. The van der Waals surface area contributed by atoms with Crippen molar-refractivity contribution in [3.8, 4) is 16.9 Å². The third-order valence-electron chi connectivity index (χ3n) is 6.36. The Bertz CT molecular complexity index is 1600. The number of nitrogens with two attached hydrogens (primary N) is 1. The average molecular weight is 477 g/mol. The number of hydrogen-bond donors (Lipinski definition) is 4. The lowest BCUT2D eigenvalue weighted by atomic mass is 9.99. The van der Waals surface area contributed by atoms with Gasteiger partial charge in [-0.25, -0.2) is 9.97 Å². The van der Waals surface area contributed by atoms with Crippen molar-refractivity contribution in [1.29, 1.82) is 0 Å². The first-order valence-electron chi connectivity index (χ1n) is 11.8. The minimum absolute atomic E-state index is 0.175. The zero-order valence-electron chi connectivity index (χ0n) is 19.4. The molecule has 4 heterocycles. The molecule has 3 aromatic heterocycles. The van der Waals surface area contributed by atoms with E-state index in [1.807, 2.05) is 30.3 Å². The molecule has 1 aliphatic heterocycles. The van der Waals surface area contributed by atoms with Crippen LogP contribution < -0.4 is 15.8 Å². The maximum Gasteiger partial charge on any atom is 0.256 e. The second-order valence-corrected chi connectivity index (χ2v) is 8.63. The molecule has 0 spiro atoms. The van der Waals surface area contributed by atoms with Crippen LogP contribution in [0.4, 0.5) is 11.5 Å². The molecule has 8 heteroatoms. The topological polar surface area (TPSA) is 122 Å². The van der Waals surface area contributed by atoms with Crippen LogP contribution in [0.25, 0.3) is 33.7 Å². The minimum Gasteiger partial charge on any atom is -0.493 e. The van der Waals surface area contributed by atoms with Crippen LogP contribution in [0.2, 0.25) is 0 Å². The molecule has 1 amide bonds. The van der Waals surface area contributed by atoms with Gasteiger partial charge >= 0.3 is 0 Å². The Balaban J connectivity index is 1.24. The molecule has 2 aromatic carbocycles. The van der Waals surface area contributed by atoms with E-state index in [0.717, 1.165) is 35.2 Å². The highest BCUT2D eigenvalue weighted by molar-refractivity contribution is 6.35. The molecule has 5 N–H and O–H groups in total. The van der Waals surface area contributed by atoms with Crippen molar-refractivity contribution in [2.24, 2.45) is 0 Å². The van der Waals surface area contributed by atoms with Crippen molar-refractivity contribution >= 4 is 40.0 Å². The van der Waals surface area contributed by atoms with Crippen molar-refractivity contribution in [3.63, 3.8) is 0 Å². The van der Waals surface area contributed by atoms with E-state index in [2.05, 4.69) is 49.6 Å². The second kappa shape index (κ2) is 9.07. The number of aromatic nitrogens is 4. The van der Waals surface area contributed by atoms with Crippen LogP contribution in [0, 0.1) is 0 Å². The fraction of sp³-hybridized carbons (Fsp3) is 0.107. The number of nitrogens with one attached hydrogen (secondary N) is 3. The number of aromatic amines is 2. The molecule has 0 radical (unpaired) electrons. The van der Waals surface area contributed by atoms with Gasteiger partial charge in [0.1, 0.15) is 17.4 Å². The summed E-state index contributed by atoms with van der Waals surface area (Å²) in [5.41, 5.74) is 12.3. The lowest BCUT2D eigenvalue weighted by molar-refractivity contribution is -0.110. The number of carbonyl (C=O) groups excluding carboxylic acids is 1. The van der Waals surface area contributed by atoms with Gasteiger partial charge in [0.2, 0.25) is 0 Å². The molecule has 0 saturated carbocycles. The zero-order chi connectivity index (χ0) is 24.5. The lowest BCUT2D eigenvalue weighted by Crippen LogP contribution is -2.03. The molecular weight excluding hydrogens is 452 g/mol. The number of rotatable bonds is 7. The van der Waals surface area contributed by atoms with Crippen LogP contribution >= 0.6 is 0 Å². The fourth-order valence-electron chi connectivity index (χ4n) is 4.63. The summed E-state index contributed by atoms with van der Waals surface area (Å²) >= 11 is 0. The highest BCUT2D eigenvalue weighted by Crippen LogP contribution is 2.40. The monoisotopic (exact) mass is 476 g/mol. The Labute approximate surface area is 207 Å². The van der Waals surface area contributed by atoms with Crippen molar-refractivity contribution in [3.05, 3.63) is 90.3 Å². The van der Waals surface area contributed by atoms with Gasteiger partial charge in [0, 0.05) is 46.9 Å². The first kappa shape index (κ1) is 21.7. The van der Waals surface area contributed by atoms with Crippen molar-refractivity contribution < 1.29 is 9.53 Å². The first-order valence-corrected chi connectivity index (χ1v) is 11.8. The van der Waals surface area contributed by atoms with E-state index < -0.39 is 0 Å². The molecule has 0 saturated heterocycles. The van der Waals surface area contributed by atoms with Gasteiger partial charge in [0.15, 0.2) is 0 Å². The van der Waals surface area contributed by atoms with Gasteiger partial charge in [0.25, 0.3) is 5.91 Å². The summed E-state index contributed by atoms with van der Waals surface area (Å²) in [7, 11) is 0. The van der Waals surface area contributed by atoms with Gasteiger partial charge in [-0.3, -0.25) is 4.79 Å². The minimum atomic E-state index is -0.175. The van der Waals surface area contributed by atoms with Crippen LogP contribution in [0.1, 0.15) is 23.4 Å². The summed E-state index contributed by atoms with van der Waals surface area (Å²) in [6.07, 6.45) is 10.6. The molecule has 0 fully saturated rings. The summed E-state index contributed by atoms with van der Waals surface area (Å²) < 4.78 is 6.19. The van der Waals surface area contributed by atoms with Gasteiger partial charge in [-0.15, -0.1) is 0 Å². The number of H-pyrrole nitrogens is 2. The number of imidazole rings is 1. The normalized spacial score (nSPS) is 13.8. The second-order valence-electron chi connectivity index (χ2n) is 8.63. The summed E-state index contributed by atoms with van der Waals surface area (Å²) in [5, 5.41) is 4.15. The van der Waals surface area contributed by atoms with E-state index in [9.17, 15) is 4.79 Å². The number of anilines is 2. The number of fused-ring (bicyclic) bond motifs is 2. The van der Waals surface area contributed by atoms with Crippen LogP contribution in [0.5, 0.6) is 5.75 Å². The van der Waals surface area contributed by atoms with Gasteiger partial charge in [0.05, 0.1) is 17.7 Å². The van der Waals surface area contributed by atoms with E-state index >= 15 is 0 Å². The van der Waals surface area contributed by atoms with E-state index in [-0.39, 0.29) is 5.91 Å². The molecule has 0 aliphatic carbocycles. The smallest absolute Gasteiger partial charge is 0.256 e. The van der Waals surface area contributed by atoms with Crippen LogP contribution in [-0.2, 0) is 11.2 Å². The Hall–Kier alpha value is -4.85. The summed E-state index contributed by atoms with van der Waals surface area (Å²) in [6, 6.07) is 15.8. The molecule has 8 nitrogen and oxygen atoms in total. The number of ether oxygens (including phenoxy) is 1. The van der Waals surface area contributed by atoms with E-state index in [4.69, 9.17) is 10.5 Å². The van der Waals surface area contributed by atoms with Gasteiger partial charge in [-0.2, -0.15) is 0 Å². The van der Waals surface area contributed by atoms with E-state index in [1.165, 1.54) is 10.9 Å². The SMILES string of the molecule is Nc1nccc(OCCCc2c[nH]c3ccccc23)c1-c1ccc2c(c1)C(=Cc1ncc[nH]1)C(=O)N2. The number of aryl methyl sites for hydroxylation is 1. The number of para-hydroxylation sites is 1. The molecule has 6 rings (SSSR count). The van der Waals surface area contributed by atoms with Gasteiger partial charge in [-0.05, 0) is 54.3 Å². The molecule has 36 heavy (non-hydrogen) atoms. The Kier molecular flexibility index (Phi) is 5.46. The molecule has 0 bridgehead atoms. The third-order valence-corrected chi connectivity index (χ3v) is 6.36. The Morgan fingerprint density at radius 2 is 1.94 bits per heavy atom. The number of pyridine rings is 1. The number of hydrogen-bond acceptors (Lipinski definition) is 5. The largest absolute Gasteiger partial charge is 0.493 e. The highest BCUT2D eigenvalue weighted by atomic mass is 16.5.